The second kappa shape index (κ2) is 6.61. The van der Waals surface area contributed by atoms with Crippen LogP contribution in [0.1, 0.15) is 52.8 Å². The van der Waals surface area contributed by atoms with Crippen molar-refractivity contribution in [2.45, 2.75) is 44.2 Å². The number of ketones is 2. The number of amides is 3. The molecule has 8 nitrogen and oxygen atoms in total. The number of nitrogens with one attached hydrogen (secondary N) is 2. The zero-order valence-electron chi connectivity index (χ0n) is 14.6. The van der Waals surface area contributed by atoms with Crippen LogP contribution in [-0.4, -0.2) is 52.8 Å². The van der Waals surface area contributed by atoms with Gasteiger partial charge in [-0.1, -0.05) is 6.07 Å². The van der Waals surface area contributed by atoms with Gasteiger partial charge in [0.2, 0.25) is 5.91 Å². The molecule has 1 aromatic rings. The van der Waals surface area contributed by atoms with E-state index in [4.69, 9.17) is 0 Å². The number of imide groups is 1. The van der Waals surface area contributed by atoms with E-state index in [0.29, 0.717) is 5.69 Å². The maximum absolute atomic E-state index is 12.9. The lowest BCUT2D eigenvalue weighted by Crippen LogP contribution is -2.47. The van der Waals surface area contributed by atoms with Gasteiger partial charge in [-0.3, -0.25) is 28.9 Å². The van der Waals surface area contributed by atoms with E-state index in [1.165, 1.54) is 6.07 Å². The minimum atomic E-state index is -0.902. The molecule has 0 spiro atoms. The first-order valence-electron chi connectivity index (χ1n) is 9.04. The quantitative estimate of drug-likeness (QED) is 0.582. The number of nitrogens with zero attached hydrogens (tertiary/aromatic N) is 1. The first-order chi connectivity index (χ1) is 13.0. The molecule has 2 saturated carbocycles. The number of carbonyl (C=O) groups is 5. The molecular weight excluding hydrogens is 350 g/mol. The van der Waals surface area contributed by atoms with Gasteiger partial charge in [0.1, 0.15) is 5.78 Å². The standard InChI is InChI=1S/C19H19N3O5/c23-11-6-7-14(15(24)8-11)22-18(26)12-2-1-3-13(17(12)19(22)27)20-9-16(25)21-10-4-5-10/h1-3,10,14,20H,4-9H2,(H,21,25). The van der Waals surface area contributed by atoms with Gasteiger partial charge in [0, 0.05) is 18.2 Å². The van der Waals surface area contributed by atoms with Gasteiger partial charge in [-0.25, -0.2) is 0 Å². The summed E-state index contributed by atoms with van der Waals surface area (Å²) in [5.74, 6) is -1.84. The summed E-state index contributed by atoms with van der Waals surface area (Å²) in [7, 11) is 0. The van der Waals surface area contributed by atoms with Gasteiger partial charge < -0.3 is 10.6 Å². The van der Waals surface area contributed by atoms with Crippen molar-refractivity contribution >= 4 is 35.0 Å². The molecule has 1 atom stereocenters. The van der Waals surface area contributed by atoms with E-state index in [-0.39, 0.29) is 54.7 Å². The average molecular weight is 369 g/mol. The molecule has 1 aliphatic heterocycles. The number of hydrogen-bond acceptors (Lipinski definition) is 6. The van der Waals surface area contributed by atoms with Crippen molar-refractivity contribution in [3.05, 3.63) is 29.3 Å². The van der Waals surface area contributed by atoms with E-state index in [9.17, 15) is 24.0 Å². The van der Waals surface area contributed by atoms with Crippen molar-refractivity contribution in [3.63, 3.8) is 0 Å². The Kier molecular flexibility index (Phi) is 4.25. The third-order valence-corrected chi connectivity index (χ3v) is 5.08. The zero-order chi connectivity index (χ0) is 19.1. The molecule has 4 rings (SSSR count). The first-order valence-corrected chi connectivity index (χ1v) is 9.04. The summed E-state index contributed by atoms with van der Waals surface area (Å²) in [4.78, 5) is 62.2. The maximum Gasteiger partial charge on any atom is 0.264 e. The highest BCUT2D eigenvalue weighted by Gasteiger charge is 2.45. The molecule has 0 radical (unpaired) electrons. The van der Waals surface area contributed by atoms with Gasteiger partial charge in [0.15, 0.2) is 5.78 Å². The highest BCUT2D eigenvalue weighted by Crippen LogP contribution is 2.33. The fourth-order valence-corrected chi connectivity index (χ4v) is 3.55. The summed E-state index contributed by atoms with van der Waals surface area (Å²) in [6, 6.07) is 4.12. The molecule has 0 bridgehead atoms. The Morgan fingerprint density at radius 1 is 1.07 bits per heavy atom. The molecule has 0 saturated heterocycles. The third-order valence-electron chi connectivity index (χ3n) is 5.08. The lowest BCUT2D eigenvalue weighted by atomic mass is 9.92. The second-order valence-corrected chi connectivity index (χ2v) is 7.14. The summed E-state index contributed by atoms with van der Waals surface area (Å²) in [6.07, 6.45) is 2.05. The van der Waals surface area contributed by atoms with Crippen molar-refractivity contribution in [2.24, 2.45) is 0 Å². The van der Waals surface area contributed by atoms with Gasteiger partial charge in [-0.05, 0) is 31.4 Å². The van der Waals surface area contributed by atoms with Crippen molar-refractivity contribution < 1.29 is 24.0 Å². The topological polar surface area (TPSA) is 113 Å². The van der Waals surface area contributed by atoms with Gasteiger partial charge in [-0.2, -0.15) is 0 Å². The van der Waals surface area contributed by atoms with Crippen molar-refractivity contribution in [1.29, 1.82) is 0 Å². The summed E-state index contributed by atoms with van der Waals surface area (Å²) in [5.41, 5.74) is 0.766. The molecule has 0 aromatic heterocycles. The predicted molar refractivity (Wildman–Crippen MR) is 94.2 cm³/mol. The van der Waals surface area contributed by atoms with Crippen LogP contribution in [0.15, 0.2) is 18.2 Å². The Morgan fingerprint density at radius 3 is 2.56 bits per heavy atom. The minimum absolute atomic E-state index is 0.00865. The van der Waals surface area contributed by atoms with Crippen LogP contribution in [-0.2, 0) is 14.4 Å². The molecule has 2 fully saturated rings. The summed E-state index contributed by atoms with van der Waals surface area (Å²) in [6.45, 7) is -0.00865. The van der Waals surface area contributed by atoms with Crippen LogP contribution in [0.2, 0.25) is 0 Å². The molecule has 3 aliphatic rings. The molecule has 27 heavy (non-hydrogen) atoms. The summed E-state index contributed by atoms with van der Waals surface area (Å²) < 4.78 is 0. The van der Waals surface area contributed by atoms with E-state index >= 15 is 0 Å². The van der Waals surface area contributed by atoms with Gasteiger partial charge in [0.05, 0.1) is 30.1 Å². The monoisotopic (exact) mass is 369 g/mol. The van der Waals surface area contributed by atoms with Crippen LogP contribution in [0.3, 0.4) is 0 Å². The van der Waals surface area contributed by atoms with Crippen molar-refractivity contribution in [1.82, 2.24) is 10.2 Å². The van der Waals surface area contributed by atoms with E-state index in [1.807, 2.05) is 0 Å². The molecule has 2 aliphatic carbocycles. The van der Waals surface area contributed by atoms with Gasteiger partial charge >= 0.3 is 0 Å². The normalized spacial score (nSPS) is 22.1. The number of carbonyl (C=O) groups excluding carboxylic acids is 5. The number of anilines is 1. The van der Waals surface area contributed by atoms with E-state index in [1.54, 1.807) is 12.1 Å². The zero-order valence-corrected chi connectivity index (χ0v) is 14.6. The van der Waals surface area contributed by atoms with Crippen molar-refractivity contribution in [2.75, 3.05) is 11.9 Å². The molecule has 2 N–H and O–H groups in total. The predicted octanol–water partition coefficient (Wildman–Crippen LogP) is 0.664. The number of rotatable bonds is 5. The summed E-state index contributed by atoms with van der Waals surface area (Å²) >= 11 is 0. The molecule has 1 unspecified atom stereocenters. The molecule has 3 amide bonds. The van der Waals surface area contributed by atoms with Gasteiger partial charge in [-0.15, -0.1) is 0 Å². The Labute approximate surface area is 155 Å². The Bertz CT molecular complexity index is 874. The van der Waals surface area contributed by atoms with Crippen LogP contribution in [0.4, 0.5) is 5.69 Å². The van der Waals surface area contributed by atoms with E-state index < -0.39 is 23.6 Å². The van der Waals surface area contributed by atoms with Crippen LogP contribution in [0, 0.1) is 0 Å². The lowest BCUT2D eigenvalue weighted by molar-refractivity contribution is -0.132. The molecule has 1 heterocycles. The van der Waals surface area contributed by atoms with E-state index in [0.717, 1.165) is 17.7 Å². The minimum Gasteiger partial charge on any atom is -0.375 e. The van der Waals surface area contributed by atoms with Crippen LogP contribution in [0.25, 0.3) is 0 Å². The van der Waals surface area contributed by atoms with Crippen LogP contribution < -0.4 is 10.6 Å². The van der Waals surface area contributed by atoms with Crippen LogP contribution >= 0.6 is 0 Å². The Morgan fingerprint density at radius 2 is 1.85 bits per heavy atom. The van der Waals surface area contributed by atoms with Crippen LogP contribution in [0.5, 0.6) is 0 Å². The Balaban J connectivity index is 1.54. The SMILES string of the molecule is O=C1CCC(N2C(=O)c3cccc(NCC(=O)NC4CC4)c3C2=O)C(=O)C1. The number of hydrogen-bond donors (Lipinski definition) is 2. The molecule has 1 aromatic carbocycles. The lowest BCUT2D eigenvalue weighted by Gasteiger charge is -2.27. The second-order valence-electron chi connectivity index (χ2n) is 7.14. The smallest absolute Gasteiger partial charge is 0.264 e. The summed E-state index contributed by atoms with van der Waals surface area (Å²) in [5, 5.41) is 5.76. The van der Waals surface area contributed by atoms with E-state index in [2.05, 4.69) is 10.6 Å². The largest absolute Gasteiger partial charge is 0.375 e. The Hall–Kier alpha value is -3.03. The highest BCUT2D eigenvalue weighted by molar-refractivity contribution is 6.25. The van der Waals surface area contributed by atoms with Crippen molar-refractivity contribution in [3.8, 4) is 0 Å². The fraction of sp³-hybridized carbons (Fsp3) is 0.421. The first kappa shape index (κ1) is 17.4. The number of benzene rings is 1. The number of Topliss-reactive ketones (excluding diaryl/α,β-unsaturated/α-hetero) is 2. The molecule has 8 heteroatoms. The average Bonchev–Trinajstić information content (AvgIpc) is 3.41. The van der Waals surface area contributed by atoms with Gasteiger partial charge in [0.25, 0.3) is 11.8 Å². The third kappa shape index (κ3) is 3.22. The highest BCUT2D eigenvalue weighted by atomic mass is 16.2. The molecule has 140 valence electrons. The molecular formula is C19H19N3O5. The fourth-order valence-electron chi connectivity index (χ4n) is 3.55. The number of fused-ring (bicyclic) bond motifs is 1. The maximum atomic E-state index is 12.9.